The van der Waals surface area contributed by atoms with Gasteiger partial charge in [0.15, 0.2) is 11.5 Å². The van der Waals surface area contributed by atoms with Crippen LogP contribution in [0.1, 0.15) is 34.1 Å². The van der Waals surface area contributed by atoms with E-state index in [0.29, 0.717) is 24.6 Å². The van der Waals surface area contributed by atoms with E-state index in [1.165, 1.54) is 23.5 Å². The van der Waals surface area contributed by atoms with Gasteiger partial charge in [-0.3, -0.25) is 14.9 Å². The summed E-state index contributed by atoms with van der Waals surface area (Å²) in [6.07, 6.45) is 1.82. The molecule has 1 unspecified atom stereocenters. The molecule has 0 saturated carbocycles. The number of nitro benzene ring substituents is 1. The fourth-order valence-electron chi connectivity index (χ4n) is 4.01. The van der Waals surface area contributed by atoms with Crippen molar-refractivity contribution in [2.75, 3.05) is 19.8 Å². The number of fused-ring (bicyclic) bond motifs is 2. The molecule has 7 nitrogen and oxygen atoms in total. The van der Waals surface area contributed by atoms with Gasteiger partial charge in [-0.1, -0.05) is 6.07 Å². The molecule has 8 heteroatoms. The summed E-state index contributed by atoms with van der Waals surface area (Å²) in [6, 6.07) is 12.3. The van der Waals surface area contributed by atoms with Crippen molar-refractivity contribution in [2.45, 2.75) is 18.9 Å². The van der Waals surface area contributed by atoms with E-state index in [4.69, 9.17) is 9.47 Å². The van der Waals surface area contributed by atoms with E-state index in [1.54, 1.807) is 12.1 Å². The molecule has 0 spiro atoms. The van der Waals surface area contributed by atoms with Crippen LogP contribution in [0, 0.1) is 10.1 Å². The van der Waals surface area contributed by atoms with E-state index in [-0.39, 0.29) is 17.6 Å². The number of ether oxygens (including phenoxy) is 2. The van der Waals surface area contributed by atoms with E-state index >= 15 is 0 Å². The third-order valence-electron chi connectivity index (χ3n) is 5.39. The van der Waals surface area contributed by atoms with Gasteiger partial charge in [-0.2, -0.15) is 0 Å². The number of likely N-dealkylation sites (tertiary alicyclic amines) is 1. The van der Waals surface area contributed by atoms with Gasteiger partial charge >= 0.3 is 0 Å². The summed E-state index contributed by atoms with van der Waals surface area (Å²) in [7, 11) is 0. The molecule has 2 aliphatic rings. The lowest BCUT2D eigenvalue weighted by molar-refractivity contribution is -0.384. The minimum atomic E-state index is -0.420. The molecule has 0 N–H and O–H groups in total. The molecule has 5 rings (SSSR count). The normalized spacial score (nSPS) is 18.2. The zero-order chi connectivity index (χ0) is 20.0. The number of carbonyl (C=O) groups excluding carboxylic acids is 1. The number of hydrogen-bond acceptors (Lipinski definition) is 6. The topological polar surface area (TPSA) is 81.9 Å². The van der Waals surface area contributed by atoms with Gasteiger partial charge in [0.25, 0.3) is 11.6 Å². The maximum Gasteiger partial charge on any atom is 0.270 e. The van der Waals surface area contributed by atoms with E-state index in [0.717, 1.165) is 40.0 Å². The lowest BCUT2D eigenvalue weighted by atomic mass is 10.0. The highest BCUT2D eigenvalue weighted by Gasteiger charge is 2.32. The summed E-state index contributed by atoms with van der Waals surface area (Å²) >= 11 is 1.37. The minimum Gasteiger partial charge on any atom is -0.486 e. The fraction of sp³-hybridized carbons (Fsp3) is 0.286. The van der Waals surface area contributed by atoms with Crippen molar-refractivity contribution in [1.29, 1.82) is 0 Å². The van der Waals surface area contributed by atoms with Gasteiger partial charge < -0.3 is 14.4 Å². The van der Waals surface area contributed by atoms with Crippen LogP contribution in [-0.4, -0.2) is 35.5 Å². The summed E-state index contributed by atoms with van der Waals surface area (Å²) in [5.41, 5.74) is 1.07. The van der Waals surface area contributed by atoms with Crippen LogP contribution in [0.2, 0.25) is 0 Å². The minimum absolute atomic E-state index is 0.0159. The Kier molecular flexibility index (Phi) is 4.35. The van der Waals surface area contributed by atoms with Gasteiger partial charge in [0, 0.05) is 28.8 Å². The summed E-state index contributed by atoms with van der Waals surface area (Å²) in [5, 5.41) is 11.7. The molecule has 1 aromatic heterocycles. The van der Waals surface area contributed by atoms with E-state index in [2.05, 4.69) is 0 Å². The number of non-ortho nitro benzene ring substituents is 1. The lowest BCUT2D eigenvalue weighted by Crippen LogP contribution is -2.30. The second-order valence-corrected chi connectivity index (χ2v) is 8.23. The van der Waals surface area contributed by atoms with Crippen molar-refractivity contribution in [1.82, 2.24) is 4.90 Å². The third kappa shape index (κ3) is 3.19. The first kappa shape index (κ1) is 17.9. The molecule has 0 radical (unpaired) electrons. The number of carbonyl (C=O) groups is 1. The molecule has 1 amide bonds. The van der Waals surface area contributed by atoms with Crippen molar-refractivity contribution < 1.29 is 19.2 Å². The number of thiophene rings is 1. The fourth-order valence-corrected chi connectivity index (χ4v) is 5.01. The third-order valence-corrected chi connectivity index (χ3v) is 6.49. The molecule has 1 fully saturated rings. The summed E-state index contributed by atoms with van der Waals surface area (Å²) < 4.78 is 12.2. The van der Waals surface area contributed by atoms with Crippen LogP contribution >= 0.6 is 11.3 Å². The maximum absolute atomic E-state index is 13.3. The van der Waals surface area contributed by atoms with Crippen LogP contribution in [0.3, 0.4) is 0 Å². The molecular formula is C21H18N2O5S. The average molecular weight is 410 g/mol. The predicted molar refractivity (Wildman–Crippen MR) is 109 cm³/mol. The molecular weight excluding hydrogens is 392 g/mol. The van der Waals surface area contributed by atoms with Gasteiger partial charge in [0.05, 0.1) is 15.8 Å². The molecule has 148 valence electrons. The Morgan fingerprint density at radius 2 is 1.93 bits per heavy atom. The maximum atomic E-state index is 13.3. The van der Waals surface area contributed by atoms with Gasteiger partial charge in [-0.05, 0) is 42.7 Å². The number of amides is 1. The molecule has 1 atom stereocenters. The summed E-state index contributed by atoms with van der Waals surface area (Å²) in [5.74, 6) is 1.43. The van der Waals surface area contributed by atoms with Crippen LogP contribution in [-0.2, 0) is 0 Å². The first-order chi connectivity index (χ1) is 14.1. The van der Waals surface area contributed by atoms with Crippen molar-refractivity contribution >= 4 is 33.0 Å². The average Bonchev–Trinajstić information content (AvgIpc) is 3.39. The van der Waals surface area contributed by atoms with Crippen molar-refractivity contribution in [3.05, 3.63) is 63.0 Å². The Morgan fingerprint density at radius 1 is 1.10 bits per heavy atom. The highest BCUT2D eigenvalue weighted by Crippen LogP contribution is 2.39. The molecule has 0 bridgehead atoms. The van der Waals surface area contributed by atoms with Crippen LogP contribution in [0.4, 0.5) is 5.69 Å². The Labute approximate surface area is 170 Å². The van der Waals surface area contributed by atoms with E-state index in [1.807, 2.05) is 23.1 Å². The van der Waals surface area contributed by atoms with E-state index < -0.39 is 4.92 Å². The summed E-state index contributed by atoms with van der Waals surface area (Å²) in [6.45, 7) is 1.76. The van der Waals surface area contributed by atoms with Gasteiger partial charge in [0.2, 0.25) is 0 Å². The number of benzene rings is 2. The molecule has 2 aliphatic heterocycles. The van der Waals surface area contributed by atoms with Crippen LogP contribution in [0.15, 0.2) is 42.5 Å². The molecule has 3 aromatic rings. The Balaban J connectivity index is 1.44. The van der Waals surface area contributed by atoms with Crippen molar-refractivity contribution in [3.63, 3.8) is 0 Å². The largest absolute Gasteiger partial charge is 0.486 e. The first-order valence-electron chi connectivity index (χ1n) is 9.49. The van der Waals surface area contributed by atoms with Gasteiger partial charge in [-0.25, -0.2) is 0 Å². The SMILES string of the molecule is O=C(c1cc2cc([N+](=O)[O-])ccc2s1)N1CCCC1c1ccc2c(c1)OCCO2. The second kappa shape index (κ2) is 7.04. The number of rotatable bonds is 3. The quantitative estimate of drug-likeness (QED) is 0.467. The standard InChI is InChI=1S/C21H18N2O5S/c24-21(20-12-14-10-15(23(25)26)4-6-19(14)29-20)22-7-1-2-16(22)13-3-5-17-18(11-13)28-9-8-27-17/h3-6,10-12,16H,1-2,7-9H2. The van der Waals surface area contributed by atoms with Crippen LogP contribution in [0.5, 0.6) is 11.5 Å². The second-order valence-electron chi connectivity index (χ2n) is 7.15. The van der Waals surface area contributed by atoms with Gasteiger partial charge in [-0.15, -0.1) is 11.3 Å². The number of nitro groups is 1. The van der Waals surface area contributed by atoms with Crippen LogP contribution in [0.25, 0.3) is 10.1 Å². The highest BCUT2D eigenvalue weighted by atomic mass is 32.1. The van der Waals surface area contributed by atoms with Crippen LogP contribution < -0.4 is 9.47 Å². The molecule has 0 aliphatic carbocycles. The monoisotopic (exact) mass is 410 g/mol. The Morgan fingerprint density at radius 3 is 2.76 bits per heavy atom. The van der Waals surface area contributed by atoms with Gasteiger partial charge in [0.1, 0.15) is 13.2 Å². The predicted octanol–water partition coefficient (Wildman–Crippen LogP) is 4.56. The van der Waals surface area contributed by atoms with Crippen molar-refractivity contribution in [3.8, 4) is 11.5 Å². The van der Waals surface area contributed by atoms with E-state index in [9.17, 15) is 14.9 Å². The molecule has 29 heavy (non-hydrogen) atoms. The Bertz CT molecular complexity index is 1130. The first-order valence-corrected chi connectivity index (χ1v) is 10.3. The smallest absolute Gasteiger partial charge is 0.270 e. The molecule has 3 heterocycles. The zero-order valence-corrected chi connectivity index (χ0v) is 16.3. The highest BCUT2D eigenvalue weighted by molar-refractivity contribution is 7.20. The Hall–Kier alpha value is -3.13. The number of hydrogen-bond donors (Lipinski definition) is 0. The van der Waals surface area contributed by atoms with Crippen molar-refractivity contribution in [2.24, 2.45) is 0 Å². The summed E-state index contributed by atoms with van der Waals surface area (Å²) in [4.78, 5) is 26.3. The number of nitrogens with zero attached hydrogens (tertiary/aromatic N) is 2. The zero-order valence-electron chi connectivity index (χ0n) is 15.5. The molecule has 1 saturated heterocycles. The lowest BCUT2D eigenvalue weighted by Gasteiger charge is -2.26. The molecule has 2 aromatic carbocycles.